The summed E-state index contributed by atoms with van der Waals surface area (Å²) in [6.45, 7) is 2.25. The molecule has 162 valence electrons. The monoisotopic (exact) mass is 423 g/mol. The Morgan fingerprint density at radius 3 is 2.34 bits per heavy atom. The van der Waals surface area contributed by atoms with Gasteiger partial charge in [-0.15, -0.1) is 0 Å². The Morgan fingerprint density at radius 2 is 1.59 bits per heavy atom. The highest BCUT2D eigenvalue weighted by molar-refractivity contribution is 5.88. The normalized spacial score (nSPS) is 15.1. The first kappa shape index (κ1) is 20.6. The summed E-state index contributed by atoms with van der Waals surface area (Å²) < 4.78 is 12.3. The van der Waals surface area contributed by atoms with Crippen molar-refractivity contribution in [1.82, 2.24) is 4.98 Å². The number of rotatable bonds is 6. The van der Waals surface area contributed by atoms with Gasteiger partial charge in [-0.2, -0.15) is 0 Å². The van der Waals surface area contributed by atoms with Gasteiger partial charge in [-0.05, 0) is 89.0 Å². The second-order valence-electron chi connectivity index (χ2n) is 8.68. The van der Waals surface area contributed by atoms with Crippen LogP contribution in [0.25, 0.3) is 21.9 Å². The molecule has 4 aromatic rings. The molecule has 5 rings (SSSR count). The van der Waals surface area contributed by atoms with E-state index in [1.165, 1.54) is 45.9 Å². The lowest BCUT2D eigenvalue weighted by atomic mass is 9.86. The molecular formula is C29H29NO2. The van der Waals surface area contributed by atoms with Gasteiger partial charge in [-0.3, -0.25) is 4.98 Å². The number of pyridine rings is 1. The molecule has 1 heterocycles. The van der Waals surface area contributed by atoms with Gasteiger partial charge < -0.3 is 9.47 Å². The first-order valence-electron chi connectivity index (χ1n) is 11.5. The Morgan fingerprint density at radius 1 is 0.844 bits per heavy atom. The zero-order valence-corrected chi connectivity index (χ0v) is 18.8. The summed E-state index contributed by atoms with van der Waals surface area (Å²) in [4.78, 5) is 4.20. The van der Waals surface area contributed by atoms with Gasteiger partial charge in [0.1, 0.15) is 0 Å². The molecule has 0 radical (unpaired) electrons. The molecule has 1 atom stereocenters. The van der Waals surface area contributed by atoms with Crippen molar-refractivity contribution in [2.75, 3.05) is 7.11 Å². The number of ether oxygens (including phenoxy) is 2. The van der Waals surface area contributed by atoms with Gasteiger partial charge in [0.2, 0.25) is 0 Å². The Labute approximate surface area is 190 Å². The number of hydrogen-bond donors (Lipinski definition) is 0. The Bertz CT molecular complexity index is 1210. The lowest BCUT2D eigenvalue weighted by Gasteiger charge is -2.23. The van der Waals surface area contributed by atoms with Gasteiger partial charge in [0.25, 0.3) is 0 Å². The molecule has 0 amide bonds. The van der Waals surface area contributed by atoms with Crippen molar-refractivity contribution in [3.63, 3.8) is 0 Å². The molecule has 32 heavy (non-hydrogen) atoms. The van der Waals surface area contributed by atoms with E-state index in [4.69, 9.17) is 9.47 Å². The maximum absolute atomic E-state index is 6.45. The summed E-state index contributed by atoms with van der Waals surface area (Å²) in [6, 6.07) is 23.7. The number of aromatic nitrogens is 1. The van der Waals surface area contributed by atoms with Gasteiger partial charge in [0, 0.05) is 18.3 Å². The largest absolute Gasteiger partial charge is 0.493 e. The van der Waals surface area contributed by atoms with Crippen LogP contribution in [0.15, 0.2) is 79.1 Å². The first-order valence-corrected chi connectivity index (χ1v) is 11.5. The van der Waals surface area contributed by atoms with Crippen LogP contribution in [0.3, 0.4) is 0 Å². The molecule has 3 heteroatoms. The van der Waals surface area contributed by atoms with Crippen molar-refractivity contribution in [2.45, 2.75) is 44.6 Å². The highest BCUT2D eigenvalue weighted by Crippen LogP contribution is 2.42. The minimum absolute atomic E-state index is 0.191. The Kier molecular flexibility index (Phi) is 5.81. The maximum atomic E-state index is 6.45. The number of benzene rings is 3. The van der Waals surface area contributed by atoms with Crippen LogP contribution in [-0.4, -0.2) is 18.2 Å². The lowest BCUT2D eigenvalue weighted by molar-refractivity contribution is 0.200. The molecule has 1 fully saturated rings. The Balaban J connectivity index is 1.65. The molecule has 0 N–H and O–H groups in total. The van der Waals surface area contributed by atoms with Crippen LogP contribution in [0.5, 0.6) is 11.5 Å². The van der Waals surface area contributed by atoms with E-state index in [1.807, 2.05) is 12.4 Å². The molecule has 1 saturated carbocycles. The van der Waals surface area contributed by atoms with Crippen LogP contribution in [0.1, 0.15) is 49.7 Å². The third-order valence-corrected chi connectivity index (χ3v) is 6.66. The molecule has 1 unspecified atom stereocenters. The van der Waals surface area contributed by atoms with Gasteiger partial charge in [0.15, 0.2) is 11.5 Å². The third kappa shape index (κ3) is 4.08. The number of hydrogen-bond acceptors (Lipinski definition) is 3. The summed E-state index contributed by atoms with van der Waals surface area (Å²) in [6.07, 6.45) is 8.71. The van der Waals surface area contributed by atoms with Gasteiger partial charge >= 0.3 is 0 Å². The Hall–Kier alpha value is -3.33. The molecule has 0 spiro atoms. The number of nitrogens with zero attached hydrogens (tertiary/aromatic N) is 1. The van der Waals surface area contributed by atoms with Crippen LogP contribution >= 0.6 is 0 Å². The number of methoxy groups -OCH3 is 1. The van der Waals surface area contributed by atoms with E-state index in [1.54, 1.807) is 7.11 Å². The molecule has 1 aliphatic rings. The van der Waals surface area contributed by atoms with Gasteiger partial charge in [-0.1, -0.05) is 43.3 Å². The van der Waals surface area contributed by atoms with Gasteiger partial charge in [0.05, 0.1) is 13.2 Å². The van der Waals surface area contributed by atoms with E-state index in [0.29, 0.717) is 0 Å². The minimum Gasteiger partial charge on any atom is -0.493 e. The van der Waals surface area contributed by atoms with Crippen molar-refractivity contribution >= 4 is 10.8 Å². The fraction of sp³-hybridized carbons (Fsp3) is 0.276. The second kappa shape index (κ2) is 9.04. The van der Waals surface area contributed by atoms with Crippen LogP contribution in [0.4, 0.5) is 0 Å². The molecule has 3 nitrogen and oxygen atoms in total. The van der Waals surface area contributed by atoms with Crippen LogP contribution in [0.2, 0.25) is 0 Å². The molecule has 0 bridgehead atoms. The molecule has 0 saturated heterocycles. The van der Waals surface area contributed by atoms with Gasteiger partial charge in [-0.25, -0.2) is 0 Å². The molecular weight excluding hydrogens is 394 g/mol. The fourth-order valence-electron chi connectivity index (χ4n) is 4.81. The first-order chi connectivity index (χ1) is 15.7. The highest BCUT2D eigenvalue weighted by atomic mass is 16.5. The van der Waals surface area contributed by atoms with E-state index >= 15 is 0 Å². The summed E-state index contributed by atoms with van der Waals surface area (Å²) in [5, 5.41) is 2.48. The quantitative estimate of drug-likeness (QED) is 0.324. The van der Waals surface area contributed by atoms with Crippen molar-refractivity contribution in [3.8, 4) is 22.6 Å². The van der Waals surface area contributed by atoms with Crippen LogP contribution < -0.4 is 9.47 Å². The zero-order valence-electron chi connectivity index (χ0n) is 18.8. The van der Waals surface area contributed by atoms with Crippen molar-refractivity contribution < 1.29 is 9.47 Å². The van der Waals surface area contributed by atoms with E-state index in [0.717, 1.165) is 24.3 Å². The van der Waals surface area contributed by atoms with Crippen LogP contribution in [-0.2, 0) is 0 Å². The lowest BCUT2D eigenvalue weighted by Crippen LogP contribution is -2.12. The SMILES string of the molecule is COc1cc(-c2ccc3ccccc3c2)c(C(C)c2ccncc2)cc1OC1CCCC1. The summed E-state index contributed by atoms with van der Waals surface area (Å²) >= 11 is 0. The smallest absolute Gasteiger partial charge is 0.161 e. The average Bonchev–Trinajstić information content (AvgIpc) is 3.37. The van der Waals surface area contributed by atoms with E-state index in [-0.39, 0.29) is 12.0 Å². The average molecular weight is 424 g/mol. The van der Waals surface area contributed by atoms with Crippen molar-refractivity contribution in [2.24, 2.45) is 0 Å². The third-order valence-electron chi connectivity index (χ3n) is 6.66. The van der Waals surface area contributed by atoms with E-state index in [9.17, 15) is 0 Å². The topological polar surface area (TPSA) is 31.4 Å². The standard InChI is InChI=1S/C29H29NO2/c1-20(21-13-15-30-16-14-21)26-18-29(32-25-9-5-6-10-25)28(31-2)19-27(26)24-12-11-22-7-3-4-8-23(22)17-24/h3-4,7-8,11-20,25H,5-6,9-10H2,1-2H3. The zero-order chi connectivity index (χ0) is 21.9. The highest BCUT2D eigenvalue weighted by Gasteiger charge is 2.23. The molecule has 3 aromatic carbocycles. The molecule has 0 aliphatic heterocycles. The van der Waals surface area contributed by atoms with Crippen LogP contribution in [0, 0.1) is 0 Å². The van der Waals surface area contributed by atoms with Crippen molar-refractivity contribution in [1.29, 1.82) is 0 Å². The van der Waals surface area contributed by atoms with E-state index < -0.39 is 0 Å². The molecule has 1 aliphatic carbocycles. The predicted octanol–water partition coefficient (Wildman–Crippen LogP) is 7.38. The fourth-order valence-corrected chi connectivity index (χ4v) is 4.81. The summed E-state index contributed by atoms with van der Waals surface area (Å²) in [5.74, 6) is 1.84. The maximum Gasteiger partial charge on any atom is 0.161 e. The summed E-state index contributed by atoms with van der Waals surface area (Å²) in [7, 11) is 1.73. The minimum atomic E-state index is 0.191. The molecule has 1 aromatic heterocycles. The predicted molar refractivity (Wildman–Crippen MR) is 131 cm³/mol. The summed E-state index contributed by atoms with van der Waals surface area (Å²) in [5.41, 5.74) is 4.83. The number of fused-ring (bicyclic) bond motifs is 1. The second-order valence-corrected chi connectivity index (χ2v) is 8.68. The van der Waals surface area contributed by atoms with E-state index in [2.05, 4.69) is 78.6 Å². The van der Waals surface area contributed by atoms with Crippen molar-refractivity contribution in [3.05, 3.63) is 90.3 Å².